The molecule has 1 aromatic carbocycles. The maximum Gasteiger partial charge on any atom is 0.253 e. The predicted molar refractivity (Wildman–Crippen MR) is 56.2 cm³/mol. The van der Waals surface area contributed by atoms with Gasteiger partial charge in [0.1, 0.15) is 0 Å². The lowest BCUT2D eigenvalue weighted by Gasteiger charge is -2.10. The van der Waals surface area contributed by atoms with Crippen LogP contribution in [0, 0.1) is 11.6 Å². The summed E-state index contributed by atoms with van der Waals surface area (Å²) in [7, 11) is 0. The zero-order chi connectivity index (χ0) is 13.0. The van der Waals surface area contributed by atoms with E-state index in [0.717, 1.165) is 0 Å². The van der Waals surface area contributed by atoms with Gasteiger partial charge in [-0.05, 0) is 6.07 Å². The number of aliphatic hydroxyl groups excluding tert-OH is 2. The van der Waals surface area contributed by atoms with Gasteiger partial charge in [0, 0.05) is 18.3 Å². The Morgan fingerprint density at radius 1 is 1.41 bits per heavy atom. The molecule has 0 radical (unpaired) electrons. The maximum absolute atomic E-state index is 12.9. The molecule has 1 amide bonds. The number of carbonyl (C=O) groups excluding carboxylic acids is 1. The summed E-state index contributed by atoms with van der Waals surface area (Å²) < 4.78 is 25.6. The molecular formula is C10H12F2N2O3. The highest BCUT2D eigenvalue weighted by molar-refractivity contribution is 5.99. The van der Waals surface area contributed by atoms with Gasteiger partial charge in [0.25, 0.3) is 5.91 Å². The fourth-order valence-corrected chi connectivity index (χ4v) is 1.13. The predicted octanol–water partition coefficient (Wildman–Crippen LogP) is -0.370. The third kappa shape index (κ3) is 3.36. The molecule has 17 heavy (non-hydrogen) atoms. The first kappa shape index (κ1) is 13.3. The molecule has 0 aliphatic heterocycles. The van der Waals surface area contributed by atoms with Gasteiger partial charge in [-0.3, -0.25) is 4.79 Å². The Morgan fingerprint density at radius 3 is 2.59 bits per heavy atom. The number of benzene rings is 1. The molecule has 0 heterocycles. The van der Waals surface area contributed by atoms with E-state index in [1.54, 1.807) is 0 Å². The second-order valence-corrected chi connectivity index (χ2v) is 3.40. The molecule has 5 nitrogen and oxygen atoms in total. The van der Waals surface area contributed by atoms with Crippen molar-refractivity contribution in [3.8, 4) is 0 Å². The van der Waals surface area contributed by atoms with Gasteiger partial charge in [0.15, 0.2) is 11.6 Å². The minimum atomic E-state index is -1.19. The van der Waals surface area contributed by atoms with Crippen molar-refractivity contribution in [3.05, 3.63) is 29.3 Å². The Hall–Kier alpha value is -1.73. The van der Waals surface area contributed by atoms with Crippen LogP contribution in [0.5, 0.6) is 0 Å². The van der Waals surface area contributed by atoms with E-state index in [0.29, 0.717) is 12.1 Å². The van der Waals surface area contributed by atoms with Crippen LogP contribution in [0.15, 0.2) is 12.1 Å². The summed E-state index contributed by atoms with van der Waals surface area (Å²) in [6, 6.07) is 1.37. The SMILES string of the molecule is Nc1cc(F)c(F)cc1C(=O)NCC(O)CO. The van der Waals surface area contributed by atoms with Crippen LogP contribution in [0.1, 0.15) is 10.4 Å². The molecule has 94 valence electrons. The number of rotatable bonds is 4. The van der Waals surface area contributed by atoms with Crippen molar-refractivity contribution in [2.75, 3.05) is 18.9 Å². The second kappa shape index (κ2) is 5.55. The quantitative estimate of drug-likeness (QED) is 0.545. The van der Waals surface area contributed by atoms with Crippen LogP contribution in [0.3, 0.4) is 0 Å². The van der Waals surface area contributed by atoms with Gasteiger partial charge in [-0.2, -0.15) is 0 Å². The first-order chi connectivity index (χ1) is 7.95. The number of aliphatic hydroxyl groups is 2. The molecule has 1 unspecified atom stereocenters. The highest BCUT2D eigenvalue weighted by Gasteiger charge is 2.15. The molecule has 0 fully saturated rings. The smallest absolute Gasteiger partial charge is 0.253 e. The lowest BCUT2D eigenvalue weighted by Crippen LogP contribution is -2.34. The summed E-state index contributed by atoms with van der Waals surface area (Å²) in [5.74, 6) is -3.09. The molecular weight excluding hydrogens is 234 g/mol. The third-order valence-electron chi connectivity index (χ3n) is 2.05. The van der Waals surface area contributed by atoms with Gasteiger partial charge < -0.3 is 21.3 Å². The summed E-state index contributed by atoms with van der Waals surface area (Å²) in [5, 5.41) is 19.7. The molecule has 1 aromatic rings. The lowest BCUT2D eigenvalue weighted by molar-refractivity contribution is 0.0802. The van der Waals surface area contributed by atoms with Gasteiger partial charge >= 0.3 is 0 Å². The topological polar surface area (TPSA) is 95.6 Å². The number of hydrogen-bond donors (Lipinski definition) is 4. The average molecular weight is 246 g/mol. The van der Waals surface area contributed by atoms with Crippen LogP contribution in [0.4, 0.5) is 14.5 Å². The van der Waals surface area contributed by atoms with Crippen LogP contribution in [-0.4, -0.2) is 35.4 Å². The van der Waals surface area contributed by atoms with E-state index >= 15 is 0 Å². The Balaban J connectivity index is 2.79. The Bertz CT molecular complexity index is 426. The molecule has 0 bridgehead atoms. The summed E-state index contributed by atoms with van der Waals surface area (Å²) >= 11 is 0. The number of nitrogen functional groups attached to an aromatic ring is 1. The minimum Gasteiger partial charge on any atom is -0.398 e. The summed E-state index contributed by atoms with van der Waals surface area (Å²) in [4.78, 5) is 11.5. The Morgan fingerprint density at radius 2 is 2.00 bits per heavy atom. The first-order valence-corrected chi connectivity index (χ1v) is 4.77. The minimum absolute atomic E-state index is 0.208. The molecule has 7 heteroatoms. The molecule has 0 saturated carbocycles. The third-order valence-corrected chi connectivity index (χ3v) is 2.05. The van der Waals surface area contributed by atoms with E-state index in [9.17, 15) is 13.6 Å². The molecule has 5 N–H and O–H groups in total. The maximum atomic E-state index is 12.9. The van der Waals surface area contributed by atoms with Crippen LogP contribution in [0.25, 0.3) is 0 Å². The van der Waals surface area contributed by atoms with E-state index in [-0.39, 0.29) is 17.8 Å². The van der Waals surface area contributed by atoms with Crippen LogP contribution in [-0.2, 0) is 0 Å². The first-order valence-electron chi connectivity index (χ1n) is 4.77. The average Bonchev–Trinajstić information content (AvgIpc) is 2.30. The molecule has 0 aromatic heterocycles. The van der Waals surface area contributed by atoms with E-state index in [1.807, 2.05) is 0 Å². The number of anilines is 1. The number of amides is 1. The molecule has 1 atom stereocenters. The van der Waals surface area contributed by atoms with Crippen LogP contribution >= 0.6 is 0 Å². The lowest BCUT2D eigenvalue weighted by atomic mass is 10.1. The monoisotopic (exact) mass is 246 g/mol. The molecule has 0 aliphatic carbocycles. The Labute approximate surface area is 95.9 Å². The molecule has 0 saturated heterocycles. The zero-order valence-corrected chi connectivity index (χ0v) is 8.78. The van der Waals surface area contributed by atoms with Crippen molar-refractivity contribution in [2.45, 2.75) is 6.10 Å². The number of nitrogens with one attached hydrogen (secondary N) is 1. The van der Waals surface area contributed by atoms with Crippen LogP contribution < -0.4 is 11.1 Å². The van der Waals surface area contributed by atoms with Crippen molar-refractivity contribution in [3.63, 3.8) is 0 Å². The molecule has 1 rings (SSSR count). The van der Waals surface area contributed by atoms with Crippen molar-refractivity contribution in [1.82, 2.24) is 5.32 Å². The number of halogens is 2. The number of hydrogen-bond acceptors (Lipinski definition) is 4. The largest absolute Gasteiger partial charge is 0.398 e. The van der Waals surface area contributed by atoms with E-state index < -0.39 is 30.3 Å². The van der Waals surface area contributed by atoms with Crippen molar-refractivity contribution >= 4 is 11.6 Å². The molecule has 0 aliphatic rings. The van der Waals surface area contributed by atoms with Gasteiger partial charge in [0.05, 0.1) is 18.3 Å². The summed E-state index contributed by atoms with van der Waals surface area (Å²) in [6.45, 7) is -0.735. The second-order valence-electron chi connectivity index (χ2n) is 3.40. The highest BCUT2D eigenvalue weighted by atomic mass is 19.2. The summed E-state index contributed by atoms with van der Waals surface area (Å²) in [5.41, 5.74) is 4.91. The number of carbonyl (C=O) groups is 1. The van der Waals surface area contributed by atoms with Gasteiger partial charge in [-0.1, -0.05) is 0 Å². The van der Waals surface area contributed by atoms with E-state index in [1.165, 1.54) is 0 Å². The van der Waals surface area contributed by atoms with E-state index in [4.69, 9.17) is 15.9 Å². The fourth-order valence-electron chi connectivity index (χ4n) is 1.13. The van der Waals surface area contributed by atoms with E-state index in [2.05, 4.69) is 5.32 Å². The highest BCUT2D eigenvalue weighted by Crippen LogP contribution is 2.16. The summed E-state index contributed by atoms with van der Waals surface area (Å²) in [6.07, 6.45) is -1.12. The van der Waals surface area contributed by atoms with Crippen molar-refractivity contribution < 1.29 is 23.8 Å². The zero-order valence-electron chi connectivity index (χ0n) is 8.78. The fraction of sp³-hybridized carbons (Fsp3) is 0.300. The Kier molecular flexibility index (Phi) is 4.36. The number of nitrogens with two attached hydrogens (primary N) is 1. The standard InChI is InChI=1S/C10H12F2N2O3/c11-7-1-6(9(13)2-8(7)12)10(17)14-3-5(16)4-15/h1-2,5,15-16H,3-4,13H2,(H,14,17). The van der Waals surface area contributed by atoms with Gasteiger partial charge in [-0.25, -0.2) is 8.78 Å². The molecule has 0 spiro atoms. The van der Waals surface area contributed by atoms with Crippen LogP contribution in [0.2, 0.25) is 0 Å². The normalized spacial score (nSPS) is 12.2. The van der Waals surface area contributed by atoms with Crippen molar-refractivity contribution in [1.29, 1.82) is 0 Å². The van der Waals surface area contributed by atoms with Gasteiger partial charge in [0.2, 0.25) is 0 Å². The van der Waals surface area contributed by atoms with Gasteiger partial charge in [-0.15, -0.1) is 0 Å². The van der Waals surface area contributed by atoms with Crippen molar-refractivity contribution in [2.24, 2.45) is 0 Å².